The lowest BCUT2D eigenvalue weighted by atomic mass is 9.82. The average molecular weight is 467 g/mol. The van der Waals surface area contributed by atoms with Gasteiger partial charge < -0.3 is 5.32 Å². The zero-order chi connectivity index (χ0) is 21.7. The van der Waals surface area contributed by atoms with E-state index in [0.717, 1.165) is 0 Å². The number of nitro benzene ring substituents is 1. The summed E-state index contributed by atoms with van der Waals surface area (Å²) in [5.41, 5.74) is -1.06. The molecule has 9 nitrogen and oxygen atoms in total. The summed E-state index contributed by atoms with van der Waals surface area (Å²) in [6, 6.07) is 6.09. The van der Waals surface area contributed by atoms with E-state index in [1.165, 1.54) is 6.07 Å². The SMILES string of the molecule is CC(C)(C(=O)N[C@@H]1CCN[P@](=O)(N(CCCl)CCCl)O1)c1ccccc1[N+](=O)[O-]. The van der Waals surface area contributed by atoms with Gasteiger partial charge in [0.1, 0.15) is 6.23 Å². The highest BCUT2D eigenvalue weighted by Gasteiger charge is 2.41. The summed E-state index contributed by atoms with van der Waals surface area (Å²) in [6.07, 6.45) is -0.428. The Bertz CT molecular complexity index is 789. The van der Waals surface area contributed by atoms with Gasteiger partial charge in [-0.25, -0.2) is 9.76 Å². The monoisotopic (exact) mass is 466 g/mol. The standard InChI is InChI=1S/C17H25Cl2N4O5P/c1-17(2,13-5-3-4-6-14(13)23(25)26)16(24)21-15-7-10-20-29(27,28-15)22(11-8-18)12-9-19/h3-6,15H,7-12H2,1-2H3,(H,20,27)(H,21,24)/t15-,29+/m0/s1. The van der Waals surface area contributed by atoms with Crippen molar-refractivity contribution in [3.05, 3.63) is 39.9 Å². The minimum atomic E-state index is -3.43. The molecule has 1 saturated heterocycles. The summed E-state index contributed by atoms with van der Waals surface area (Å²) < 4.78 is 20.5. The number of carbonyl (C=O) groups is 1. The molecule has 0 aromatic heterocycles. The maximum Gasteiger partial charge on any atom is 0.345 e. The van der Waals surface area contributed by atoms with E-state index in [2.05, 4.69) is 10.4 Å². The second-order valence-corrected chi connectivity index (χ2v) is 9.91. The highest BCUT2D eigenvalue weighted by atomic mass is 35.5. The van der Waals surface area contributed by atoms with Crippen molar-refractivity contribution in [3.8, 4) is 0 Å². The maximum atomic E-state index is 13.2. The quantitative estimate of drug-likeness (QED) is 0.248. The Balaban J connectivity index is 2.17. The van der Waals surface area contributed by atoms with Crippen molar-refractivity contribution in [2.24, 2.45) is 0 Å². The molecule has 1 aromatic rings. The fourth-order valence-corrected chi connectivity index (χ4v) is 5.74. The molecule has 1 aliphatic heterocycles. The summed E-state index contributed by atoms with van der Waals surface area (Å²) >= 11 is 11.6. The van der Waals surface area contributed by atoms with Crippen LogP contribution in [0, 0.1) is 10.1 Å². The van der Waals surface area contributed by atoms with Crippen molar-refractivity contribution in [1.29, 1.82) is 0 Å². The summed E-state index contributed by atoms with van der Waals surface area (Å²) in [6.45, 7) is 4.16. The largest absolute Gasteiger partial charge is 0.345 e. The average Bonchev–Trinajstić information content (AvgIpc) is 2.67. The van der Waals surface area contributed by atoms with Gasteiger partial charge in [-0.05, 0) is 13.8 Å². The lowest BCUT2D eigenvalue weighted by molar-refractivity contribution is -0.385. The molecule has 1 amide bonds. The fraction of sp³-hybridized carbons (Fsp3) is 0.588. The first-order valence-electron chi connectivity index (χ1n) is 9.11. The van der Waals surface area contributed by atoms with E-state index in [4.69, 9.17) is 27.7 Å². The zero-order valence-electron chi connectivity index (χ0n) is 16.3. The van der Waals surface area contributed by atoms with Crippen LogP contribution < -0.4 is 10.4 Å². The first-order valence-corrected chi connectivity index (χ1v) is 11.8. The summed E-state index contributed by atoms with van der Waals surface area (Å²) in [5, 5.41) is 16.9. The summed E-state index contributed by atoms with van der Waals surface area (Å²) in [7, 11) is -3.43. The molecule has 0 spiro atoms. The molecule has 0 saturated carbocycles. The van der Waals surface area contributed by atoms with E-state index in [1.807, 2.05) is 0 Å². The molecule has 1 fully saturated rings. The van der Waals surface area contributed by atoms with Gasteiger partial charge in [0, 0.05) is 49.4 Å². The lowest BCUT2D eigenvalue weighted by Gasteiger charge is -2.38. The minimum absolute atomic E-state index is 0.139. The molecule has 1 aromatic carbocycles. The number of nitrogens with one attached hydrogen (secondary N) is 2. The first-order chi connectivity index (χ1) is 13.7. The Labute approximate surface area is 179 Å². The number of hydrogen-bond acceptors (Lipinski definition) is 5. The van der Waals surface area contributed by atoms with Crippen LogP contribution in [0.5, 0.6) is 0 Å². The molecular weight excluding hydrogens is 442 g/mol. The second-order valence-electron chi connectivity index (χ2n) is 7.02. The van der Waals surface area contributed by atoms with Gasteiger partial charge in [-0.15, -0.1) is 23.2 Å². The number of carbonyl (C=O) groups excluding carboxylic acids is 1. The molecular formula is C17H25Cl2N4O5P. The van der Waals surface area contributed by atoms with E-state index >= 15 is 0 Å². The van der Waals surface area contributed by atoms with E-state index < -0.39 is 30.1 Å². The second kappa shape index (κ2) is 10.2. The molecule has 0 aliphatic carbocycles. The molecule has 0 radical (unpaired) electrons. The number of para-hydroxylation sites is 1. The van der Waals surface area contributed by atoms with E-state index in [-0.39, 0.29) is 23.0 Å². The maximum absolute atomic E-state index is 13.2. The van der Waals surface area contributed by atoms with Crippen molar-refractivity contribution in [2.45, 2.75) is 31.9 Å². The summed E-state index contributed by atoms with van der Waals surface area (Å²) in [5.74, 6) is 0.0212. The highest BCUT2D eigenvalue weighted by molar-refractivity contribution is 7.54. The molecule has 0 bridgehead atoms. The molecule has 0 unspecified atom stereocenters. The molecule has 1 heterocycles. The Morgan fingerprint density at radius 1 is 1.38 bits per heavy atom. The van der Waals surface area contributed by atoms with Gasteiger partial charge in [0.05, 0.1) is 10.3 Å². The van der Waals surface area contributed by atoms with Crippen LogP contribution in [0.2, 0.25) is 0 Å². The molecule has 1 aliphatic rings. The Hall–Kier alpha value is -1.22. The van der Waals surface area contributed by atoms with Crippen molar-refractivity contribution in [1.82, 2.24) is 15.1 Å². The van der Waals surface area contributed by atoms with Crippen molar-refractivity contribution < 1.29 is 18.8 Å². The predicted molar refractivity (Wildman–Crippen MR) is 112 cm³/mol. The number of halogens is 2. The van der Waals surface area contributed by atoms with Crippen LogP contribution in [-0.2, 0) is 19.3 Å². The minimum Gasteiger partial charge on any atom is -0.329 e. The van der Waals surface area contributed by atoms with Crippen molar-refractivity contribution in [3.63, 3.8) is 0 Å². The van der Waals surface area contributed by atoms with Gasteiger partial charge in [0.2, 0.25) is 5.91 Å². The topological polar surface area (TPSA) is 114 Å². The van der Waals surface area contributed by atoms with E-state index in [1.54, 1.807) is 36.7 Å². The number of amides is 1. The number of alkyl halides is 2. The third-order valence-electron chi connectivity index (χ3n) is 4.68. The number of hydrogen-bond donors (Lipinski definition) is 2. The fourth-order valence-electron chi connectivity index (χ4n) is 3.05. The van der Waals surface area contributed by atoms with Crippen LogP contribution in [-0.4, -0.2) is 53.1 Å². The third kappa shape index (κ3) is 5.69. The van der Waals surface area contributed by atoms with Crippen LogP contribution in [0.15, 0.2) is 24.3 Å². The summed E-state index contributed by atoms with van der Waals surface area (Å²) in [4.78, 5) is 23.8. The van der Waals surface area contributed by atoms with Gasteiger partial charge in [-0.3, -0.25) is 24.0 Å². The number of benzene rings is 1. The Morgan fingerprint density at radius 2 is 2.00 bits per heavy atom. The smallest absolute Gasteiger partial charge is 0.329 e. The van der Waals surface area contributed by atoms with Gasteiger partial charge >= 0.3 is 7.67 Å². The zero-order valence-corrected chi connectivity index (χ0v) is 18.7. The molecule has 12 heteroatoms. The number of nitrogens with zero attached hydrogens (tertiary/aromatic N) is 2. The normalized spacial score (nSPS) is 22.4. The Morgan fingerprint density at radius 3 is 2.59 bits per heavy atom. The van der Waals surface area contributed by atoms with Crippen molar-refractivity contribution >= 4 is 42.5 Å². The number of rotatable bonds is 9. The van der Waals surface area contributed by atoms with E-state index in [0.29, 0.717) is 26.1 Å². The van der Waals surface area contributed by atoms with Gasteiger partial charge in [0.25, 0.3) is 5.69 Å². The van der Waals surface area contributed by atoms with Gasteiger partial charge in [-0.2, -0.15) is 0 Å². The van der Waals surface area contributed by atoms with Crippen LogP contribution in [0.4, 0.5) is 5.69 Å². The molecule has 162 valence electrons. The number of nitro groups is 1. The lowest BCUT2D eigenvalue weighted by Crippen LogP contribution is -2.50. The van der Waals surface area contributed by atoms with E-state index in [9.17, 15) is 19.5 Å². The molecule has 2 atom stereocenters. The van der Waals surface area contributed by atoms with Crippen molar-refractivity contribution in [2.75, 3.05) is 31.4 Å². The Kier molecular flexibility index (Phi) is 8.46. The predicted octanol–water partition coefficient (Wildman–Crippen LogP) is 3.21. The van der Waals surface area contributed by atoms with Crippen LogP contribution in [0.3, 0.4) is 0 Å². The molecule has 2 N–H and O–H groups in total. The third-order valence-corrected chi connectivity index (χ3v) is 7.33. The van der Waals surface area contributed by atoms with Crippen LogP contribution in [0.1, 0.15) is 25.8 Å². The first kappa shape index (κ1) is 24.1. The van der Waals surface area contributed by atoms with Crippen LogP contribution in [0.25, 0.3) is 0 Å². The molecule has 29 heavy (non-hydrogen) atoms. The molecule has 2 rings (SSSR count). The highest BCUT2D eigenvalue weighted by Crippen LogP contribution is 2.49. The van der Waals surface area contributed by atoms with Gasteiger partial charge in [0.15, 0.2) is 0 Å². The van der Waals surface area contributed by atoms with Gasteiger partial charge in [-0.1, -0.05) is 18.2 Å². The van der Waals surface area contributed by atoms with Crippen LogP contribution >= 0.6 is 30.9 Å².